The molecule has 0 spiro atoms. The van der Waals surface area contributed by atoms with Crippen LogP contribution in [0.25, 0.3) is 0 Å². The number of nitrogens with zero attached hydrogens (tertiary/aromatic N) is 3. The molecule has 1 aromatic heterocycles. The van der Waals surface area contributed by atoms with Crippen LogP contribution in [0, 0.1) is 5.92 Å². The summed E-state index contributed by atoms with van der Waals surface area (Å²) >= 11 is 0. The molecule has 1 heterocycles. The third-order valence-corrected chi connectivity index (χ3v) is 3.31. The highest BCUT2D eigenvalue weighted by molar-refractivity contribution is 5.31. The highest BCUT2D eigenvalue weighted by atomic mass is 16.5. The van der Waals surface area contributed by atoms with Gasteiger partial charge >= 0.3 is 0 Å². The van der Waals surface area contributed by atoms with E-state index < -0.39 is 0 Å². The molecule has 0 saturated carbocycles. The summed E-state index contributed by atoms with van der Waals surface area (Å²) in [6.45, 7) is 6.26. The highest BCUT2D eigenvalue weighted by Gasteiger charge is 2.10. The van der Waals surface area contributed by atoms with Crippen LogP contribution in [0.15, 0.2) is 28.8 Å². The highest BCUT2D eigenvalue weighted by Crippen LogP contribution is 2.16. The minimum atomic E-state index is 0.524. The Balaban J connectivity index is 1.71. The summed E-state index contributed by atoms with van der Waals surface area (Å²) in [4.78, 5) is 6.50. The standard InChI is InChI=1S/C17H25N3O3/c1-13(2)11-16-18-17(23-19-16)12-20(3)9-10-22-15-7-5-14(21-4)6-8-15/h5-8,13H,9-12H2,1-4H3. The van der Waals surface area contributed by atoms with Crippen molar-refractivity contribution in [3.8, 4) is 11.5 Å². The maximum absolute atomic E-state index is 5.71. The first-order valence-electron chi connectivity index (χ1n) is 7.83. The topological polar surface area (TPSA) is 60.6 Å². The fourth-order valence-corrected chi connectivity index (χ4v) is 2.10. The Hall–Kier alpha value is -2.08. The molecule has 0 radical (unpaired) electrons. The van der Waals surface area contributed by atoms with Gasteiger partial charge in [0.25, 0.3) is 0 Å². The lowest BCUT2D eigenvalue weighted by Gasteiger charge is -2.14. The fourth-order valence-electron chi connectivity index (χ4n) is 2.10. The van der Waals surface area contributed by atoms with Crippen molar-refractivity contribution in [1.29, 1.82) is 0 Å². The van der Waals surface area contributed by atoms with E-state index in [0.29, 0.717) is 25.0 Å². The van der Waals surface area contributed by atoms with Crippen molar-refractivity contribution < 1.29 is 14.0 Å². The second-order valence-corrected chi connectivity index (χ2v) is 5.96. The first kappa shape index (κ1) is 17.3. The first-order valence-corrected chi connectivity index (χ1v) is 7.83. The zero-order valence-electron chi connectivity index (χ0n) is 14.3. The van der Waals surface area contributed by atoms with Crippen LogP contribution in [0.3, 0.4) is 0 Å². The van der Waals surface area contributed by atoms with Crippen LogP contribution >= 0.6 is 0 Å². The number of hydrogen-bond acceptors (Lipinski definition) is 6. The third-order valence-electron chi connectivity index (χ3n) is 3.31. The molecule has 1 aromatic carbocycles. The van der Waals surface area contributed by atoms with Gasteiger partial charge in [-0.1, -0.05) is 19.0 Å². The van der Waals surface area contributed by atoms with Crippen LogP contribution in [0.5, 0.6) is 11.5 Å². The molecule has 0 atom stereocenters. The Morgan fingerprint density at radius 2 is 1.87 bits per heavy atom. The number of aromatic nitrogens is 2. The molecule has 0 bridgehead atoms. The molecule has 0 amide bonds. The average Bonchev–Trinajstić information content (AvgIpc) is 2.94. The Kier molecular flexibility index (Phi) is 6.40. The molecule has 6 nitrogen and oxygen atoms in total. The second-order valence-electron chi connectivity index (χ2n) is 5.96. The van der Waals surface area contributed by atoms with Crippen LogP contribution < -0.4 is 9.47 Å². The predicted molar refractivity (Wildman–Crippen MR) is 87.7 cm³/mol. The lowest BCUT2D eigenvalue weighted by molar-refractivity contribution is 0.212. The molecule has 2 rings (SSSR count). The Morgan fingerprint density at radius 1 is 1.17 bits per heavy atom. The lowest BCUT2D eigenvalue weighted by atomic mass is 10.1. The largest absolute Gasteiger partial charge is 0.497 e. The van der Waals surface area contributed by atoms with E-state index in [1.165, 1.54) is 0 Å². The Morgan fingerprint density at radius 3 is 2.52 bits per heavy atom. The van der Waals surface area contributed by atoms with Crippen LogP contribution in [-0.2, 0) is 13.0 Å². The zero-order chi connectivity index (χ0) is 16.7. The number of ether oxygens (including phenoxy) is 2. The van der Waals surface area contributed by atoms with E-state index in [0.717, 1.165) is 30.3 Å². The van der Waals surface area contributed by atoms with Crippen LogP contribution in [0.4, 0.5) is 0 Å². The Labute approximate surface area is 137 Å². The van der Waals surface area contributed by atoms with Crippen molar-refractivity contribution >= 4 is 0 Å². The SMILES string of the molecule is COc1ccc(OCCN(C)Cc2nc(CC(C)C)no2)cc1. The lowest BCUT2D eigenvalue weighted by Crippen LogP contribution is -2.24. The Bertz CT molecular complexity index is 581. The summed E-state index contributed by atoms with van der Waals surface area (Å²) in [5.41, 5.74) is 0. The molecular weight excluding hydrogens is 294 g/mol. The number of methoxy groups -OCH3 is 1. The van der Waals surface area contributed by atoms with Crippen molar-refractivity contribution in [3.63, 3.8) is 0 Å². The third kappa shape index (κ3) is 5.90. The average molecular weight is 319 g/mol. The van der Waals surface area contributed by atoms with Crippen LogP contribution in [0.2, 0.25) is 0 Å². The predicted octanol–water partition coefficient (Wildman–Crippen LogP) is 2.79. The number of likely N-dealkylation sites (N-methyl/N-ethyl adjacent to an activating group) is 1. The molecule has 2 aromatic rings. The number of benzene rings is 1. The number of hydrogen-bond donors (Lipinski definition) is 0. The van der Waals surface area contributed by atoms with E-state index >= 15 is 0 Å². The summed E-state index contributed by atoms with van der Waals surface area (Å²) in [5.74, 6) is 3.60. The fraction of sp³-hybridized carbons (Fsp3) is 0.529. The van der Waals surface area contributed by atoms with Crippen molar-refractivity contribution in [1.82, 2.24) is 15.0 Å². The minimum Gasteiger partial charge on any atom is -0.497 e. The molecule has 126 valence electrons. The van der Waals surface area contributed by atoms with Crippen LogP contribution in [0.1, 0.15) is 25.6 Å². The van der Waals surface area contributed by atoms with Crippen molar-refractivity contribution in [2.45, 2.75) is 26.8 Å². The van der Waals surface area contributed by atoms with E-state index in [4.69, 9.17) is 14.0 Å². The van der Waals surface area contributed by atoms with Gasteiger partial charge in [-0.2, -0.15) is 4.98 Å². The van der Waals surface area contributed by atoms with E-state index in [-0.39, 0.29) is 0 Å². The quantitative estimate of drug-likeness (QED) is 0.708. The maximum atomic E-state index is 5.71. The van der Waals surface area contributed by atoms with Gasteiger partial charge in [-0.15, -0.1) is 0 Å². The molecule has 0 fully saturated rings. The monoisotopic (exact) mass is 319 g/mol. The molecule has 0 aliphatic rings. The summed E-state index contributed by atoms with van der Waals surface area (Å²) in [6, 6.07) is 7.56. The van der Waals surface area contributed by atoms with Gasteiger partial charge in [-0.3, -0.25) is 4.90 Å². The molecule has 0 unspecified atom stereocenters. The number of rotatable bonds is 9. The summed E-state index contributed by atoms with van der Waals surface area (Å²) in [6.07, 6.45) is 0.841. The van der Waals surface area contributed by atoms with Gasteiger partial charge in [-0.05, 0) is 37.2 Å². The van der Waals surface area contributed by atoms with Gasteiger partial charge in [0.15, 0.2) is 5.82 Å². The van der Waals surface area contributed by atoms with Gasteiger partial charge in [0.05, 0.1) is 13.7 Å². The molecule has 23 heavy (non-hydrogen) atoms. The van der Waals surface area contributed by atoms with Gasteiger partial charge in [0.1, 0.15) is 18.1 Å². The molecular formula is C17H25N3O3. The van der Waals surface area contributed by atoms with Crippen LogP contribution in [-0.4, -0.2) is 42.3 Å². The normalized spacial score (nSPS) is 11.2. The van der Waals surface area contributed by atoms with Gasteiger partial charge in [0.2, 0.25) is 5.89 Å². The van der Waals surface area contributed by atoms with E-state index in [9.17, 15) is 0 Å². The summed E-state index contributed by atoms with van der Waals surface area (Å²) in [5, 5.41) is 4.00. The summed E-state index contributed by atoms with van der Waals surface area (Å²) in [7, 11) is 3.65. The zero-order valence-corrected chi connectivity index (χ0v) is 14.3. The molecule has 0 saturated heterocycles. The smallest absolute Gasteiger partial charge is 0.240 e. The molecule has 0 aliphatic carbocycles. The molecule has 0 aliphatic heterocycles. The van der Waals surface area contributed by atoms with Crippen molar-refractivity contribution in [2.75, 3.05) is 27.3 Å². The molecule has 0 N–H and O–H groups in total. The summed E-state index contributed by atoms with van der Waals surface area (Å²) < 4.78 is 16.1. The molecule has 6 heteroatoms. The van der Waals surface area contributed by atoms with E-state index in [1.807, 2.05) is 31.3 Å². The van der Waals surface area contributed by atoms with E-state index in [2.05, 4.69) is 28.9 Å². The maximum Gasteiger partial charge on any atom is 0.240 e. The van der Waals surface area contributed by atoms with Gasteiger partial charge in [-0.25, -0.2) is 0 Å². The van der Waals surface area contributed by atoms with Gasteiger partial charge < -0.3 is 14.0 Å². The van der Waals surface area contributed by atoms with Crippen molar-refractivity contribution in [3.05, 3.63) is 36.0 Å². The van der Waals surface area contributed by atoms with E-state index in [1.54, 1.807) is 7.11 Å². The minimum absolute atomic E-state index is 0.524. The van der Waals surface area contributed by atoms with Crippen molar-refractivity contribution in [2.24, 2.45) is 5.92 Å². The second kappa shape index (κ2) is 8.53. The first-order chi connectivity index (χ1) is 11.1. The van der Waals surface area contributed by atoms with Gasteiger partial charge in [0, 0.05) is 13.0 Å².